The fraction of sp³-hybridized carbons (Fsp3) is 0.176. The van der Waals surface area contributed by atoms with Crippen LogP contribution in [0.5, 0.6) is 0 Å². The van der Waals surface area contributed by atoms with Gasteiger partial charge in [-0.15, -0.1) is 0 Å². The Balaban J connectivity index is 1.92. The molecule has 0 aliphatic carbocycles. The minimum Gasteiger partial charge on any atom is -0.345 e. The average molecular weight is 408 g/mol. The second-order valence-electron chi connectivity index (χ2n) is 6.12. The van der Waals surface area contributed by atoms with E-state index in [-0.39, 0.29) is 22.6 Å². The Bertz CT molecular complexity index is 1270. The molecular formula is C17H12F4N6O2. The molecule has 2 aliphatic heterocycles. The van der Waals surface area contributed by atoms with Crippen LogP contribution >= 0.6 is 0 Å². The monoisotopic (exact) mass is 408 g/mol. The SMILES string of the molecule is CCNC(=O)n1ncc2c3nn(-c4cc(F)cc(C(F)(F)F)c4)c(=O)c-3c[nH]c21. The van der Waals surface area contributed by atoms with Gasteiger partial charge in [-0.1, -0.05) is 0 Å². The summed E-state index contributed by atoms with van der Waals surface area (Å²) in [6.45, 7) is 2.09. The van der Waals surface area contributed by atoms with Crippen molar-refractivity contribution in [3.63, 3.8) is 0 Å². The third-order valence-electron chi connectivity index (χ3n) is 4.23. The van der Waals surface area contributed by atoms with Gasteiger partial charge in [0.2, 0.25) is 0 Å². The van der Waals surface area contributed by atoms with Crippen molar-refractivity contribution in [2.24, 2.45) is 0 Å². The third-order valence-corrected chi connectivity index (χ3v) is 4.23. The van der Waals surface area contributed by atoms with E-state index in [4.69, 9.17) is 0 Å². The summed E-state index contributed by atoms with van der Waals surface area (Å²) in [5, 5.41) is 10.9. The van der Waals surface area contributed by atoms with Crippen LogP contribution in [0.25, 0.3) is 28.0 Å². The fourth-order valence-corrected chi connectivity index (χ4v) is 2.96. The summed E-state index contributed by atoms with van der Waals surface area (Å²) in [7, 11) is 0. The van der Waals surface area contributed by atoms with Crippen molar-refractivity contribution in [2.75, 3.05) is 6.54 Å². The van der Waals surface area contributed by atoms with Gasteiger partial charge in [-0.3, -0.25) is 4.79 Å². The number of carbonyl (C=O) groups excluding carboxylic acids is 1. The van der Waals surface area contributed by atoms with Gasteiger partial charge in [-0.05, 0) is 25.1 Å². The number of aromatic amines is 1. The lowest BCUT2D eigenvalue weighted by molar-refractivity contribution is -0.137. The van der Waals surface area contributed by atoms with Crippen molar-refractivity contribution >= 4 is 17.1 Å². The first-order valence-corrected chi connectivity index (χ1v) is 8.35. The van der Waals surface area contributed by atoms with Gasteiger partial charge in [0.05, 0.1) is 28.4 Å². The number of halogens is 4. The van der Waals surface area contributed by atoms with Gasteiger partial charge < -0.3 is 10.3 Å². The number of alkyl halides is 3. The summed E-state index contributed by atoms with van der Waals surface area (Å²) in [5.41, 5.74) is -1.97. The third kappa shape index (κ3) is 3.02. The number of carbonyl (C=O) groups is 1. The van der Waals surface area contributed by atoms with Crippen molar-refractivity contribution in [1.82, 2.24) is 29.9 Å². The molecule has 2 aliphatic rings. The van der Waals surface area contributed by atoms with E-state index in [0.29, 0.717) is 28.7 Å². The molecule has 2 aromatic rings. The van der Waals surface area contributed by atoms with Crippen molar-refractivity contribution in [2.45, 2.75) is 13.1 Å². The molecule has 29 heavy (non-hydrogen) atoms. The Hall–Kier alpha value is -3.70. The van der Waals surface area contributed by atoms with Gasteiger partial charge >= 0.3 is 12.2 Å². The van der Waals surface area contributed by atoms with Gasteiger partial charge in [0, 0.05) is 12.7 Å². The minimum absolute atomic E-state index is 0.0470. The van der Waals surface area contributed by atoms with E-state index in [0.717, 1.165) is 10.7 Å². The highest BCUT2D eigenvalue weighted by Crippen LogP contribution is 2.32. The summed E-state index contributed by atoms with van der Waals surface area (Å²) in [4.78, 5) is 27.5. The Morgan fingerprint density at radius 1 is 1.28 bits per heavy atom. The number of nitrogens with zero attached hydrogens (tertiary/aromatic N) is 4. The summed E-state index contributed by atoms with van der Waals surface area (Å²) < 4.78 is 54.4. The molecule has 0 unspecified atom stereocenters. The minimum atomic E-state index is -4.79. The van der Waals surface area contributed by atoms with Crippen LogP contribution in [0, 0.1) is 5.82 Å². The average Bonchev–Trinajstić information content (AvgIpc) is 3.22. The van der Waals surface area contributed by atoms with E-state index >= 15 is 0 Å². The van der Waals surface area contributed by atoms with Gasteiger partial charge in [0.15, 0.2) is 0 Å². The van der Waals surface area contributed by atoms with E-state index in [2.05, 4.69) is 20.5 Å². The number of nitrogens with one attached hydrogen (secondary N) is 2. The molecule has 0 spiro atoms. The number of benzene rings is 1. The molecule has 1 amide bonds. The number of amides is 1. The standard InChI is InChI=1S/C17H12F4N6O2/c1-2-22-16(29)27-14-11(7-24-27)13-12(6-23-14)15(28)26(25-13)10-4-8(17(19,20)21)3-9(18)5-10/h3-7,23H,2H2,1H3,(H,22,29). The largest absolute Gasteiger partial charge is 0.416 e. The van der Waals surface area contributed by atoms with Crippen molar-refractivity contribution < 1.29 is 22.4 Å². The molecule has 12 heteroatoms. The molecular weight excluding hydrogens is 396 g/mol. The first-order valence-electron chi connectivity index (χ1n) is 8.35. The highest BCUT2D eigenvalue weighted by atomic mass is 19.4. The molecule has 0 saturated carbocycles. The van der Waals surface area contributed by atoms with Crippen LogP contribution in [0.15, 0.2) is 35.4 Å². The quantitative estimate of drug-likeness (QED) is 0.499. The second kappa shape index (κ2) is 6.43. The summed E-state index contributed by atoms with van der Waals surface area (Å²) >= 11 is 0. The molecule has 8 nitrogen and oxygen atoms in total. The summed E-state index contributed by atoms with van der Waals surface area (Å²) in [5.74, 6) is -1.16. The maximum absolute atomic E-state index is 13.7. The molecule has 0 atom stereocenters. The van der Waals surface area contributed by atoms with Gasteiger partial charge in [0.1, 0.15) is 17.2 Å². The van der Waals surface area contributed by atoms with E-state index in [1.807, 2.05) is 0 Å². The first kappa shape index (κ1) is 18.7. The predicted octanol–water partition coefficient (Wildman–Crippen LogP) is 2.75. The Morgan fingerprint density at radius 3 is 2.72 bits per heavy atom. The zero-order chi connectivity index (χ0) is 20.9. The number of rotatable bonds is 2. The fourth-order valence-electron chi connectivity index (χ4n) is 2.96. The predicted molar refractivity (Wildman–Crippen MR) is 93.5 cm³/mol. The van der Waals surface area contributed by atoms with Crippen LogP contribution in [0.2, 0.25) is 0 Å². The van der Waals surface area contributed by atoms with E-state index < -0.39 is 29.1 Å². The van der Waals surface area contributed by atoms with Crippen LogP contribution in [0.3, 0.4) is 0 Å². The molecule has 2 N–H and O–H groups in total. The highest BCUT2D eigenvalue weighted by molar-refractivity contribution is 5.95. The van der Waals surface area contributed by atoms with Crippen LogP contribution in [0.4, 0.5) is 22.4 Å². The number of hydrogen-bond donors (Lipinski definition) is 2. The molecule has 150 valence electrons. The summed E-state index contributed by atoms with van der Waals surface area (Å²) in [6.07, 6.45) is -2.22. The zero-order valence-corrected chi connectivity index (χ0v) is 14.7. The Morgan fingerprint density at radius 2 is 2.03 bits per heavy atom. The van der Waals surface area contributed by atoms with E-state index in [1.54, 1.807) is 6.92 Å². The second-order valence-corrected chi connectivity index (χ2v) is 6.12. The first-order chi connectivity index (χ1) is 13.7. The molecule has 1 aromatic carbocycles. The normalized spacial score (nSPS) is 12.0. The molecule has 4 rings (SSSR count). The van der Waals surface area contributed by atoms with Gasteiger partial charge in [-0.25, -0.2) is 9.18 Å². The van der Waals surface area contributed by atoms with Crippen LogP contribution in [-0.2, 0) is 6.18 Å². The zero-order valence-electron chi connectivity index (χ0n) is 14.7. The van der Waals surface area contributed by atoms with E-state index in [1.165, 1.54) is 12.4 Å². The number of aromatic nitrogens is 5. The molecule has 0 saturated heterocycles. The molecule has 0 radical (unpaired) electrons. The molecule has 0 bridgehead atoms. The number of pyridine rings is 1. The smallest absolute Gasteiger partial charge is 0.345 e. The number of fused-ring (bicyclic) bond motifs is 3. The van der Waals surface area contributed by atoms with Gasteiger partial charge in [-0.2, -0.15) is 32.7 Å². The van der Waals surface area contributed by atoms with Gasteiger partial charge in [0.25, 0.3) is 5.56 Å². The van der Waals surface area contributed by atoms with Crippen LogP contribution in [-0.4, -0.2) is 37.1 Å². The lowest BCUT2D eigenvalue weighted by Crippen LogP contribution is -2.29. The highest BCUT2D eigenvalue weighted by Gasteiger charge is 2.32. The molecule has 0 fully saturated rings. The van der Waals surface area contributed by atoms with Crippen molar-refractivity contribution in [1.29, 1.82) is 0 Å². The summed E-state index contributed by atoms with van der Waals surface area (Å²) in [6, 6.07) is 1.23. The number of H-pyrrole nitrogens is 1. The van der Waals surface area contributed by atoms with Crippen LogP contribution in [0.1, 0.15) is 12.5 Å². The molecule has 3 heterocycles. The van der Waals surface area contributed by atoms with Crippen molar-refractivity contribution in [3.8, 4) is 16.9 Å². The maximum Gasteiger partial charge on any atom is 0.416 e. The number of hydrogen-bond acceptors (Lipinski definition) is 4. The lowest BCUT2D eigenvalue weighted by Gasteiger charge is -2.08. The molecule has 1 aromatic heterocycles. The maximum atomic E-state index is 13.7. The Labute approximate surface area is 159 Å². The van der Waals surface area contributed by atoms with Crippen molar-refractivity contribution in [3.05, 3.63) is 52.3 Å². The van der Waals surface area contributed by atoms with Crippen LogP contribution < -0.4 is 10.9 Å². The lowest BCUT2D eigenvalue weighted by atomic mass is 10.1. The van der Waals surface area contributed by atoms with E-state index in [9.17, 15) is 27.2 Å². The topological polar surface area (TPSA) is 97.6 Å². The Kier molecular flexibility index (Phi) is 4.14.